The van der Waals surface area contributed by atoms with Crippen molar-refractivity contribution in [1.82, 2.24) is 14.5 Å². The zero-order chi connectivity index (χ0) is 22.7. The second-order valence-corrected chi connectivity index (χ2v) is 8.40. The van der Waals surface area contributed by atoms with Crippen molar-refractivity contribution in [3.8, 4) is 5.69 Å². The average Bonchev–Trinajstić information content (AvgIpc) is 3.42. The van der Waals surface area contributed by atoms with Crippen molar-refractivity contribution in [2.75, 3.05) is 24.3 Å². The summed E-state index contributed by atoms with van der Waals surface area (Å²) in [4.78, 5) is 35.8. The lowest BCUT2D eigenvalue weighted by molar-refractivity contribution is -0.121. The topological polar surface area (TPSA) is 77.3 Å². The molecule has 0 bridgehead atoms. The molecule has 0 aliphatic carbocycles. The van der Waals surface area contributed by atoms with E-state index in [0.29, 0.717) is 22.5 Å². The molecule has 10 heteroatoms. The number of benzene rings is 2. The Morgan fingerprint density at radius 1 is 1.19 bits per heavy atom. The van der Waals surface area contributed by atoms with E-state index in [1.165, 1.54) is 46.3 Å². The van der Waals surface area contributed by atoms with Gasteiger partial charge >= 0.3 is 5.97 Å². The molecule has 164 valence electrons. The van der Waals surface area contributed by atoms with Gasteiger partial charge in [-0.15, -0.1) is 0 Å². The van der Waals surface area contributed by atoms with E-state index in [1.807, 2.05) is 37.4 Å². The van der Waals surface area contributed by atoms with Gasteiger partial charge in [-0.1, -0.05) is 35.2 Å². The highest BCUT2D eigenvalue weighted by Crippen LogP contribution is 2.28. The van der Waals surface area contributed by atoms with Crippen LogP contribution in [0.2, 0.25) is 0 Å². The van der Waals surface area contributed by atoms with Crippen LogP contribution in [0.3, 0.4) is 0 Å². The number of rotatable bonds is 7. The first kappa shape index (κ1) is 22.0. The second kappa shape index (κ2) is 9.49. The summed E-state index contributed by atoms with van der Waals surface area (Å²) in [7, 11) is 0. The molecule has 0 unspecified atom stereocenters. The number of aromatic nitrogens is 3. The summed E-state index contributed by atoms with van der Waals surface area (Å²) in [6.45, 7) is 1.78. The van der Waals surface area contributed by atoms with E-state index in [2.05, 4.69) is 9.97 Å². The van der Waals surface area contributed by atoms with E-state index in [1.54, 1.807) is 16.7 Å². The fourth-order valence-corrected chi connectivity index (χ4v) is 4.73. The molecule has 0 saturated heterocycles. The maximum atomic E-state index is 13.3. The van der Waals surface area contributed by atoms with Crippen molar-refractivity contribution < 1.29 is 18.7 Å². The zero-order valence-electron chi connectivity index (χ0n) is 17.3. The van der Waals surface area contributed by atoms with Crippen LogP contribution >= 0.6 is 23.1 Å². The van der Waals surface area contributed by atoms with Crippen LogP contribution in [-0.2, 0) is 9.53 Å². The van der Waals surface area contributed by atoms with Crippen LogP contribution < -0.4 is 4.90 Å². The van der Waals surface area contributed by atoms with Crippen molar-refractivity contribution in [3.63, 3.8) is 0 Å². The number of likely N-dealkylation sites (N-methyl/N-ethyl adjacent to an activating group) is 1. The molecule has 32 heavy (non-hydrogen) atoms. The molecular weight excluding hydrogens is 451 g/mol. The molecule has 2 heterocycles. The van der Waals surface area contributed by atoms with Gasteiger partial charge in [0.1, 0.15) is 5.82 Å². The van der Waals surface area contributed by atoms with Gasteiger partial charge < -0.3 is 4.74 Å². The van der Waals surface area contributed by atoms with E-state index in [9.17, 15) is 14.0 Å². The van der Waals surface area contributed by atoms with Crippen molar-refractivity contribution in [2.45, 2.75) is 12.1 Å². The molecule has 0 spiro atoms. The predicted molar refractivity (Wildman–Crippen MR) is 123 cm³/mol. The maximum Gasteiger partial charge on any atom is 0.357 e. The Morgan fingerprint density at radius 2 is 1.94 bits per heavy atom. The Bertz CT molecular complexity index is 1240. The Kier molecular flexibility index (Phi) is 6.52. The number of thioether (sulfide) groups is 1. The monoisotopic (exact) mass is 470 g/mol. The minimum Gasteiger partial charge on any atom is -0.451 e. The summed E-state index contributed by atoms with van der Waals surface area (Å²) in [6.07, 6.45) is 3.20. The number of carbonyl (C=O) groups excluding carboxylic acids is 2. The van der Waals surface area contributed by atoms with E-state index < -0.39 is 12.6 Å². The molecule has 4 aromatic rings. The first-order valence-corrected chi connectivity index (χ1v) is 11.8. The molecule has 0 saturated carbocycles. The number of para-hydroxylation sites is 1. The maximum absolute atomic E-state index is 13.3. The number of esters is 1. The predicted octanol–water partition coefficient (Wildman–Crippen LogP) is 4.55. The largest absolute Gasteiger partial charge is 0.451 e. The number of ether oxygens (including phenoxy) is 1. The van der Waals surface area contributed by atoms with Gasteiger partial charge in [0, 0.05) is 12.2 Å². The molecule has 2 aromatic carbocycles. The lowest BCUT2D eigenvalue weighted by Gasteiger charge is -2.17. The minimum absolute atomic E-state index is 0.150. The number of thiazole rings is 1. The van der Waals surface area contributed by atoms with Gasteiger partial charge in [-0.3, -0.25) is 14.3 Å². The summed E-state index contributed by atoms with van der Waals surface area (Å²) in [5.41, 5.74) is 1.52. The molecule has 4 rings (SSSR count). The van der Waals surface area contributed by atoms with Crippen LogP contribution in [0.25, 0.3) is 15.9 Å². The minimum atomic E-state index is -0.698. The summed E-state index contributed by atoms with van der Waals surface area (Å²) >= 11 is 2.74. The van der Waals surface area contributed by atoms with Crippen LogP contribution in [0.1, 0.15) is 17.4 Å². The molecule has 1 amide bonds. The number of nitrogens with zero attached hydrogens (tertiary/aromatic N) is 4. The van der Waals surface area contributed by atoms with Gasteiger partial charge in [0.15, 0.2) is 22.6 Å². The molecular formula is C22H19FN4O3S2. The Balaban J connectivity index is 1.51. The first-order chi connectivity index (χ1) is 15.5. The Labute approximate surface area is 191 Å². The average molecular weight is 471 g/mol. The SMILES string of the molecule is CCN(C(=O)COC(=O)c1cnc(SC)n1-c1ccc(F)cc1)c1nc2ccccc2s1. The van der Waals surface area contributed by atoms with E-state index in [4.69, 9.17) is 4.74 Å². The standard InChI is InChI=1S/C22H19FN4O3S2/c1-3-26(22-25-16-6-4-5-7-18(16)32-22)19(28)13-30-20(29)17-12-24-21(31-2)27(17)15-10-8-14(23)9-11-15/h4-12H,3,13H2,1-2H3. The highest BCUT2D eigenvalue weighted by Gasteiger charge is 2.23. The van der Waals surface area contributed by atoms with Gasteiger partial charge in [0.05, 0.1) is 16.4 Å². The van der Waals surface area contributed by atoms with Crippen LogP contribution in [0, 0.1) is 5.82 Å². The van der Waals surface area contributed by atoms with Crippen LogP contribution in [0.5, 0.6) is 0 Å². The number of hydrogen-bond donors (Lipinski definition) is 0. The third-order valence-electron chi connectivity index (χ3n) is 4.66. The first-order valence-electron chi connectivity index (χ1n) is 9.72. The van der Waals surface area contributed by atoms with Gasteiger partial charge in [-0.25, -0.2) is 19.2 Å². The zero-order valence-corrected chi connectivity index (χ0v) is 19.0. The highest BCUT2D eigenvalue weighted by atomic mass is 32.2. The van der Waals surface area contributed by atoms with Crippen LogP contribution in [0.15, 0.2) is 59.9 Å². The number of hydrogen-bond acceptors (Lipinski definition) is 7. The summed E-state index contributed by atoms with van der Waals surface area (Å²) < 4.78 is 21.2. The third kappa shape index (κ3) is 4.37. The van der Waals surface area contributed by atoms with Crippen LogP contribution in [-0.4, -0.2) is 45.8 Å². The van der Waals surface area contributed by atoms with E-state index >= 15 is 0 Å². The van der Waals surface area contributed by atoms with Gasteiger partial charge in [0.25, 0.3) is 5.91 Å². The number of amides is 1. The quantitative estimate of drug-likeness (QED) is 0.291. The molecule has 0 radical (unpaired) electrons. The van der Waals surface area contributed by atoms with Gasteiger partial charge in [-0.2, -0.15) is 0 Å². The molecule has 0 aliphatic rings. The molecule has 7 nitrogen and oxygen atoms in total. The molecule has 0 atom stereocenters. The lowest BCUT2D eigenvalue weighted by atomic mass is 10.3. The fourth-order valence-electron chi connectivity index (χ4n) is 3.14. The lowest BCUT2D eigenvalue weighted by Crippen LogP contribution is -2.34. The summed E-state index contributed by atoms with van der Waals surface area (Å²) in [5, 5.41) is 1.09. The Hall–Kier alpha value is -3.24. The van der Waals surface area contributed by atoms with Gasteiger partial charge in [0.2, 0.25) is 0 Å². The highest BCUT2D eigenvalue weighted by molar-refractivity contribution is 7.98. The number of anilines is 1. The van der Waals surface area contributed by atoms with Gasteiger partial charge in [-0.05, 0) is 49.6 Å². The number of imidazole rings is 1. The second-order valence-electron chi connectivity index (χ2n) is 6.62. The van der Waals surface area contributed by atoms with Crippen molar-refractivity contribution in [3.05, 3.63) is 66.2 Å². The fraction of sp³-hybridized carbons (Fsp3) is 0.182. The van der Waals surface area contributed by atoms with E-state index in [0.717, 1.165) is 10.2 Å². The Morgan fingerprint density at radius 3 is 2.62 bits per heavy atom. The molecule has 2 aromatic heterocycles. The molecule has 0 N–H and O–H groups in total. The smallest absolute Gasteiger partial charge is 0.357 e. The number of halogens is 1. The number of fused-ring (bicyclic) bond motifs is 1. The third-order valence-corrected chi connectivity index (χ3v) is 6.38. The number of carbonyl (C=O) groups is 2. The van der Waals surface area contributed by atoms with Crippen molar-refractivity contribution in [2.24, 2.45) is 0 Å². The normalized spacial score (nSPS) is 11.0. The molecule has 0 fully saturated rings. The van der Waals surface area contributed by atoms with E-state index in [-0.39, 0.29) is 17.4 Å². The van der Waals surface area contributed by atoms with Crippen molar-refractivity contribution >= 4 is 50.3 Å². The van der Waals surface area contributed by atoms with Crippen LogP contribution in [0.4, 0.5) is 9.52 Å². The van der Waals surface area contributed by atoms with Crippen molar-refractivity contribution in [1.29, 1.82) is 0 Å². The molecule has 0 aliphatic heterocycles. The summed E-state index contributed by atoms with van der Waals surface area (Å²) in [5.74, 6) is -1.46. The summed E-state index contributed by atoms with van der Waals surface area (Å²) in [6, 6.07) is 13.3.